The molecule has 1 aliphatic heterocycles. The molecule has 37 heavy (non-hydrogen) atoms. The summed E-state index contributed by atoms with van der Waals surface area (Å²) in [5.41, 5.74) is 0.362. The number of hydrogen-bond acceptors (Lipinski definition) is 6. The predicted molar refractivity (Wildman–Crippen MR) is 135 cm³/mol. The number of carbonyl (C=O) groups is 2. The summed E-state index contributed by atoms with van der Waals surface area (Å²) in [6.07, 6.45) is -3.79. The van der Waals surface area contributed by atoms with Gasteiger partial charge in [-0.05, 0) is 38.1 Å². The number of aromatic nitrogens is 3. The summed E-state index contributed by atoms with van der Waals surface area (Å²) >= 11 is 0. The third kappa shape index (κ3) is 3.68. The number of fused-ring (bicyclic) bond motifs is 1. The molecule has 1 unspecified atom stereocenters. The van der Waals surface area contributed by atoms with Crippen LogP contribution in [0.25, 0.3) is 16.8 Å². The van der Waals surface area contributed by atoms with Crippen LogP contribution in [-0.4, -0.2) is 76.5 Å². The fourth-order valence-corrected chi connectivity index (χ4v) is 5.10. The molecule has 3 N–H and O–H groups in total. The Labute approximate surface area is 211 Å². The number of nitrogens with two attached hydrogens (primary N) is 1. The lowest BCUT2D eigenvalue weighted by Gasteiger charge is -2.63. The zero-order chi connectivity index (χ0) is 27.9. The second-order valence-corrected chi connectivity index (χ2v) is 10.1. The van der Waals surface area contributed by atoms with E-state index in [1.54, 1.807) is 0 Å². The van der Waals surface area contributed by atoms with E-state index in [0.29, 0.717) is 0 Å². The van der Waals surface area contributed by atoms with E-state index in [4.69, 9.17) is 5.73 Å². The molecule has 1 aromatic carbocycles. The van der Waals surface area contributed by atoms with Gasteiger partial charge in [-0.2, -0.15) is 18.3 Å². The number of rotatable bonds is 2. The zero-order valence-electron chi connectivity index (χ0n) is 21.0. The van der Waals surface area contributed by atoms with Crippen molar-refractivity contribution >= 4 is 52.4 Å². The minimum absolute atomic E-state index is 0.0728. The van der Waals surface area contributed by atoms with Crippen molar-refractivity contribution in [3.63, 3.8) is 0 Å². The van der Waals surface area contributed by atoms with Crippen molar-refractivity contribution in [1.29, 1.82) is 0 Å². The maximum Gasteiger partial charge on any atom is 0.418 e. The number of halogens is 4. The summed E-state index contributed by atoms with van der Waals surface area (Å²) in [6.45, 7) is 4.05. The number of carbonyl (C=O) groups excluding carboxylic acids is 2. The molecule has 3 aromatic rings. The molecule has 1 aliphatic rings. The number of alkyl halides is 3. The first-order chi connectivity index (χ1) is 16.8. The van der Waals surface area contributed by atoms with Crippen molar-refractivity contribution in [2.24, 2.45) is 0 Å². The molecule has 2 aromatic heterocycles. The summed E-state index contributed by atoms with van der Waals surface area (Å²) < 4.78 is 57.6. The highest BCUT2D eigenvalue weighted by molar-refractivity contribution is 6.49. The van der Waals surface area contributed by atoms with Gasteiger partial charge in [0.2, 0.25) is 5.91 Å². The molecule has 0 spiro atoms. The lowest BCUT2D eigenvalue weighted by molar-refractivity contribution is -0.174. The standard InChI is InChI=1S/C21H23B3F4N6O3/c1-9(35)34-18(2,3)17(36)32(20(22,23)21(34,24)37)14-6-10(4-5-12(14)25)13-7-11(19(26,27)28)15-16(29)30-8-31-33(13)15/h4-8,37H,22-24H2,1-3H3,(H2,29,30,31). The number of benzene rings is 1. The Morgan fingerprint density at radius 3 is 2.35 bits per heavy atom. The second-order valence-electron chi connectivity index (χ2n) is 10.1. The van der Waals surface area contributed by atoms with E-state index >= 15 is 4.39 Å². The summed E-state index contributed by atoms with van der Waals surface area (Å²) in [4.78, 5) is 31.9. The van der Waals surface area contributed by atoms with Gasteiger partial charge in [0.15, 0.2) is 13.7 Å². The first kappa shape index (κ1) is 26.5. The van der Waals surface area contributed by atoms with E-state index in [-0.39, 0.29) is 16.9 Å². The number of hydrogen-bond donors (Lipinski definition) is 2. The van der Waals surface area contributed by atoms with Crippen LogP contribution in [0.15, 0.2) is 30.6 Å². The van der Waals surface area contributed by atoms with Gasteiger partial charge in [0.1, 0.15) is 44.5 Å². The molecule has 2 amide bonds. The third-order valence-electron chi connectivity index (χ3n) is 7.12. The highest BCUT2D eigenvalue weighted by Crippen LogP contribution is 2.44. The number of amides is 2. The predicted octanol–water partition coefficient (Wildman–Crippen LogP) is -0.691. The summed E-state index contributed by atoms with van der Waals surface area (Å²) in [6, 6.07) is 4.26. The lowest BCUT2D eigenvalue weighted by atomic mass is 9.46. The molecule has 192 valence electrons. The van der Waals surface area contributed by atoms with Gasteiger partial charge >= 0.3 is 6.18 Å². The average Bonchev–Trinajstić information content (AvgIpc) is 3.15. The van der Waals surface area contributed by atoms with Crippen LogP contribution in [0.1, 0.15) is 26.3 Å². The number of nitrogens with zero attached hydrogens (tertiary/aromatic N) is 5. The Hall–Kier alpha value is -3.55. The van der Waals surface area contributed by atoms with Gasteiger partial charge in [-0.15, -0.1) is 0 Å². The molecule has 9 nitrogen and oxygen atoms in total. The van der Waals surface area contributed by atoms with E-state index in [1.165, 1.54) is 56.4 Å². The molecule has 0 bridgehead atoms. The van der Waals surface area contributed by atoms with Gasteiger partial charge in [-0.3, -0.25) is 9.59 Å². The minimum atomic E-state index is -4.78. The van der Waals surface area contributed by atoms with Crippen LogP contribution in [-0.2, 0) is 15.8 Å². The van der Waals surface area contributed by atoms with E-state index < -0.39 is 57.2 Å². The van der Waals surface area contributed by atoms with Crippen molar-refractivity contribution < 1.29 is 32.3 Å². The van der Waals surface area contributed by atoms with Gasteiger partial charge in [-0.25, -0.2) is 13.9 Å². The average molecular weight is 516 g/mol. The van der Waals surface area contributed by atoms with Gasteiger partial charge in [0.25, 0.3) is 5.91 Å². The normalized spacial score (nSPS) is 21.5. The number of aliphatic hydroxyl groups is 1. The molecule has 0 radical (unpaired) electrons. The van der Waals surface area contributed by atoms with Gasteiger partial charge < -0.3 is 20.6 Å². The van der Waals surface area contributed by atoms with Crippen molar-refractivity contribution in [3.05, 3.63) is 42.0 Å². The maximum absolute atomic E-state index is 15.3. The lowest BCUT2D eigenvalue weighted by Crippen LogP contribution is -2.85. The summed E-state index contributed by atoms with van der Waals surface area (Å²) in [5.74, 6) is -2.52. The SMILES string of the molecule is BC1(B)N(c2cc(-c3cc(C(F)(F)F)c4c(N)ncnn34)ccc2F)C(=O)C(C)(C)N(C(C)=O)C1(B)O. The fourth-order valence-electron chi connectivity index (χ4n) is 5.10. The largest absolute Gasteiger partial charge is 0.418 e. The molecule has 16 heteroatoms. The van der Waals surface area contributed by atoms with Crippen molar-refractivity contribution in [2.45, 2.75) is 43.4 Å². The van der Waals surface area contributed by atoms with Crippen molar-refractivity contribution in [2.75, 3.05) is 10.6 Å². The first-order valence-electron chi connectivity index (χ1n) is 11.2. The minimum Gasteiger partial charge on any atom is -0.382 e. The Kier molecular flexibility index (Phi) is 5.72. The molecule has 1 atom stereocenters. The van der Waals surface area contributed by atoms with Crippen LogP contribution in [0.5, 0.6) is 0 Å². The second kappa shape index (κ2) is 7.97. The molecule has 4 rings (SSSR count). The first-order valence-corrected chi connectivity index (χ1v) is 11.2. The highest BCUT2D eigenvalue weighted by Gasteiger charge is 2.62. The van der Waals surface area contributed by atoms with E-state index in [0.717, 1.165) is 32.8 Å². The molecular weight excluding hydrogens is 493 g/mol. The Morgan fingerprint density at radius 1 is 1.16 bits per heavy atom. The Balaban J connectivity index is 1.97. The zero-order valence-corrected chi connectivity index (χ0v) is 21.0. The number of piperazine rings is 1. The molecule has 0 aliphatic carbocycles. The Bertz CT molecular complexity index is 1460. The van der Waals surface area contributed by atoms with Crippen molar-refractivity contribution in [3.8, 4) is 11.3 Å². The number of anilines is 2. The topological polar surface area (TPSA) is 117 Å². The van der Waals surface area contributed by atoms with Crippen molar-refractivity contribution in [1.82, 2.24) is 19.5 Å². The summed E-state index contributed by atoms with van der Waals surface area (Å²) in [7, 11) is 4.27. The smallest absolute Gasteiger partial charge is 0.382 e. The van der Waals surface area contributed by atoms with Crippen LogP contribution in [0, 0.1) is 5.82 Å². The van der Waals surface area contributed by atoms with E-state index in [2.05, 4.69) is 10.1 Å². The molecule has 3 heterocycles. The van der Waals surface area contributed by atoms with Gasteiger partial charge in [0, 0.05) is 17.8 Å². The van der Waals surface area contributed by atoms with Gasteiger partial charge in [-0.1, -0.05) is 0 Å². The van der Waals surface area contributed by atoms with Crippen LogP contribution < -0.4 is 10.6 Å². The monoisotopic (exact) mass is 516 g/mol. The Morgan fingerprint density at radius 2 is 1.78 bits per heavy atom. The van der Waals surface area contributed by atoms with Gasteiger partial charge in [0.05, 0.1) is 16.9 Å². The van der Waals surface area contributed by atoms with Crippen LogP contribution in [0.4, 0.5) is 29.1 Å². The molecule has 1 fully saturated rings. The van der Waals surface area contributed by atoms with Crippen LogP contribution >= 0.6 is 0 Å². The van der Waals surface area contributed by atoms with E-state index in [1.807, 2.05) is 0 Å². The summed E-state index contributed by atoms with van der Waals surface area (Å²) in [5, 5.41) is 13.8. The molecule has 0 saturated carbocycles. The van der Waals surface area contributed by atoms with Crippen LogP contribution in [0.3, 0.4) is 0 Å². The fraction of sp³-hybridized carbons (Fsp3) is 0.333. The molecular formula is C21H23B3F4N6O3. The quantitative estimate of drug-likeness (QED) is 0.345. The third-order valence-corrected chi connectivity index (χ3v) is 7.12. The van der Waals surface area contributed by atoms with Crippen LogP contribution in [0.2, 0.25) is 0 Å². The van der Waals surface area contributed by atoms with E-state index in [9.17, 15) is 27.9 Å². The molecule has 1 saturated heterocycles. The highest BCUT2D eigenvalue weighted by atomic mass is 19.4. The maximum atomic E-state index is 15.3. The number of nitrogen functional groups attached to an aromatic ring is 1.